The van der Waals surface area contributed by atoms with Crippen molar-refractivity contribution in [2.75, 3.05) is 7.11 Å². The van der Waals surface area contributed by atoms with E-state index in [1.807, 2.05) is 18.2 Å². The Kier molecular flexibility index (Phi) is 4.11. The molecule has 0 bridgehead atoms. The largest absolute Gasteiger partial charge is 0.497 e. The average Bonchev–Trinajstić information content (AvgIpc) is 2.87. The monoisotopic (exact) mass is 259 g/mol. The summed E-state index contributed by atoms with van der Waals surface area (Å²) < 4.78 is 10.1. The number of ether oxygens (including phenoxy) is 1. The molecule has 1 N–H and O–H groups in total. The lowest BCUT2D eigenvalue weighted by molar-refractivity contribution is 0.167. The first-order valence-corrected chi connectivity index (χ1v) is 5.75. The van der Waals surface area contributed by atoms with Crippen LogP contribution in [0.1, 0.15) is 12.3 Å². The molecule has 0 aliphatic rings. The zero-order valence-corrected chi connectivity index (χ0v) is 10.4. The zero-order chi connectivity index (χ0) is 13.7. The van der Waals surface area contributed by atoms with E-state index >= 15 is 0 Å². The lowest BCUT2D eigenvalue weighted by Gasteiger charge is -2.00. The highest BCUT2D eigenvalue weighted by atomic mass is 16.5. The summed E-state index contributed by atoms with van der Waals surface area (Å²) in [6.45, 7) is 0. The van der Waals surface area contributed by atoms with Crippen molar-refractivity contribution < 1.29 is 14.4 Å². The van der Waals surface area contributed by atoms with Crippen LogP contribution in [-0.2, 0) is 6.42 Å². The van der Waals surface area contributed by atoms with E-state index < -0.39 is 6.10 Å². The Balaban J connectivity index is 2.09. The highest BCUT2D eigenvalue weighted by molar-refractivity contribution is 5.55. The normalized spacial score (nSPS) is 11.8. The van der Waals surface area contributed by atoms with Crippen molar-refractivity contribution in [1.29, 1.82) is 5.26 Å². The molecule has 6 nitrogen and oxygen atoms in total. The lowest BCUT2D eigenvalue weighted by atomic mass is 10.2. The van der Waals surface area contributed by atoms with Crippen molar-refractivity contribution in [3.63, 3.8) is 0 Å². The molecular formula is C13H13N3O3. The van der Waals surface area contributed by atoms with Crippen LogP contribution in [0.3, 0.4) is 0 Å². The maximum absolute atomic E-state index is 9.48. The molecule has 0 fully saturated rings. The molecule has 2 rings (SSSR count). The van der Waals surface area contributed by atoms with E-state index in [1.165, 1.54) is 0 Å². The number of nitrogens with zero attached hydrogens (tertiary/aromatic N) is 3. The summed E-state index contributed by atoms with van der Waals surface area (Å²) in [5.41, 5.74) is 0.797. The number of benzene rings is 1. The van der Waals surface area contributed by atoms with Crippen molar-refractivity contribution in [3.8, 4) is 23.2 Å². The second-order valence-corrected chi connectivity index (χ2v) is 3.96. The first kappa shape index (κ1) is 13.1. The molecule has 0 aliphatic heterocycles. The molecular weight excluding hydrogens is 246 g/mol. The summed E-state index contributed by atoms with van der Waals surface area (Å²) in [5, 5.41) is 21.8. The fourth-order valence-corrected chi connectivity index (χ4v) is 1.57. The van der Waals surface area contributed by atoms with Crippen molar-refractivity contribution in [3.05, 3.63) is 30.2 Å². The van der Waals surface area contributed by atoms with Gasteiger partial charge in [0.2, 0.25) is 11.7 Å². The van der Waals surface area contributed by atoms with Crippen LogP contribution in [-0.4, -0.2) is 28.5 Å². The number of hydrogen-bond acceptors (Lipinski definition) is 6. The average molecular weight is 259 g/mol. The Hall–Kier alpha value is -2.39. The summed E-state index contributed by atoms with van der Waals surface area (Å²) in [4.78, 5) is 4.17. The van der Waals surface area contributed by atoms with Crippen LogP contribution in [0.25, 0.3) is 11.4 Å². The maximum atomic E-state index is 9.48. The van der Waals surface area contributed by atoms with Crippen LogP contribution in [0.4, 0.5) is 0 Å². The van der Waals surface area contributed by atoms with Gasteiger partial charge in [0.1, 0.15) is 5.75 Å². The van der Waals surface area contributed by atoms with E-state index in [-0.39, 0.29) is 12.8 Å². The van der Waals surface area contributed by atoms with Gasteiger partial charge in [-0.15, -0.1) is 0 Å². The molecule has 0 saturated heterocycles. The number of nitriles is 1. The summed E-state index contributed by atoms with van der Waals surface area (Å²) >= 11 is 0. The third-order valence-electron chi connectivity index (χ3n) is 2.55. The third-order valence-corrected chi connectivity index (χ3v) is 2.55. The quantitative estimate of drug-likeness (QED) is 0.876. The van der Waals surface area contributed by atoms with Gasteiger partial charge in [-0.25, -0.2) is 0 Å². The first-order chi connectivity index (χ1) is 9.22. The highest BCUT2D eigenvalue weighted by Crippen LogP contribution is 2.20. The first-order valence-electron chi connectivity index (χ1n) is 5.75. The Morgan fingerprint density at radius 3 is 2.79 bits per heavy atom. The van der Waals surface area contributed by atoms with Gasteiger partial charge in [-0.1, -0.05) is 5.16 Å². The summed E-state index contributed by atoms with van der Waals surface area (Å²) in [7, 11) is 1.60. The molecule has 0 spiro atoms. The molecule has 0 saturated carbocycles. The number of aromatic nitrogens is 2. The predicted octanol–water partition coefficient (Wildman–Crippen LogP) is 1.56. The number of hydrogen-bond donors (Lipinski definition) is 1. The van der Waals surface area contributed by atoms with Crippen molar-refractivity contribution in [1.82, 2.24) is 10.1 Å². The van der Waals surface area contributed by atoms with Crippen molar-refractivity contribution in [2.45, 2.75) is 18.9 Å². The fraction of sp³-hybridized carbons (Fsp3) is 0.308. The van der Waals surface area contributed by atoms with E-state index in [0.29, 0.717) is 11.7 Å². The van der Waals surface area contributed by atoms with Crippen molar-refractivity contribution in [2.24, 2.45) is 0 Å². The standard InChI is InChI=1S/C13H13N3O3/c1-18-11-4-2-9(3-5-11)13-15-12(19-16-13)8-10(17)6-7-14/h2-5,10,17H,6,8H2,1H3. The van der Waals surface area contributed by atoms with Gasteiger partial charge in [-0.2, -0.15) is 10.2 Å². The van der Waals surface area contributed by atoms with Crippen LogP contribution < -0.4 is 4.74 Å². The second-order valence-electron chi connectivity index (χ2n) is 3.96. The van der Waals surface area contributed by atoms with Gasteiger partial charge in [0.15, 0.2) is 0 Å². The Morgan fingerprint density at radius 2 is 2.16 bits per heavy atom. The molecule has 1 heterocycles. The number of aliphatic hydroxyl groups excluding tert-OH is 1. The molecule has 6 heteroatoms. The van der Waals surface area contributed by atoms with Gasteiger partial charge in [0.05, 0.1) is 32.1 Å². The van der Waals surface area contributed by atoms with Gasteiger partial charge < -0.3 is 14.4 Å². The number of aliphatic hydroxyl groups is 1. The van der Waals surface area contributed by atoms with Crippen molar-refractivity contribution >= 4 is 0 Å². The van der Waals surface area contributed by atoms with E-state index in [9.17, 15) is 5.11 Å². The van der Waals surface area contributed by atoms with Crippen LogP contribution >= 0.6 is 0 Å². The summed E-state index contributed by atoms with van der Waals surface area (Å²) in [6.07, 6.45) is -0.564. The minimum atomic E-state index is -0.783. The Bertz CT molecular complexity index is 572. The van der Waals surface area contributed by atoms with Gasteiger partial charge in [0.25, 0.3) is 0 Å². The molecule has 1 aromatic heterocycles. The molecule has 98 valence electrons. The fourth-order valence-electron chi connectivity index (χ4n) is 1.57. The second kappa shape index (κ2) is 5.98. The molecule has 19 heavy (non-hydrogen) atoms. The van der Waals surface area contributed by atoms with Crippen LogP contribution in [0, 0.1) is 11.3 Å². The van der Waals surface area contributed by atoms with Gasteiger partial charge in [-0.3, -0.25) is 0 Å². The SMILES string of the molecule is COc1ccc(-c2noc(CC(O)CC#N)n2)cc1. The number of methoxy groups -OCH3 is 1. The van der Waals surface area contributed by atoms with Crippen LogP contribution in [0.2, 0.25) is 0 Å². The Morgan fingerprint density at radius 1 is 1.42 bits per heavy atom. The van der Waals surface area contributed by atoms with E-state index in [2.05, 4.69) is 10.1 Å². The zero-order valence-electron chi connectivity index (χ0n) is 10.4. The van der Waals surface area contributed by atoms with E-state index in [0.717, 1.165) is 11.3 Å². The highest BCUT2D eigenvalue weighted by Gasteiger charge is 2.13. The van der Waals surface area contributed by atoms with E-state index in [1.54, 1.807) is 19.2 Å². The lowest BCUT2D eigenvalue weighted by Crippen LogP contribution is -2.09. The molecule has 1 atom stereocenters. The van der Waals surface area contributed by atoms with Crippen LogP contribution in [0.15, 0.2) is 28.8 Å². The molecule has 0 radical (unpaired) electrons. The van der Waals surface area contributed by atoms with E-state index in [4.69, 9.17) is 14.5 Å². The Labute approximate surface area is 110 Å². The summed E-state index contributed by atoms with van der Waals surface area (Å²) in [5.74, 6) is 1.51. The molecule has 0 amide bonds. The van der Waals surface area contributed by atoms with Gasteiger partial charge in [-0.05, 0) is 24.3 Å². The molecule has 1 aromatic carbocycles. The topological polar surface area (TPSA) is 92.2 Å². The molecule has 2 aromatic rings. The van der Waals surface area contributed by atoms with Gasteiger partial charge >= 0.3 is 0 Å². The predicted molar refractivity (Wildman–Crippen MR) is 66.2 cm³/mol. The minimum Gasteiger partial charge on any atom is -0.497 e. The summed E-state index contributed by atoms with van der Waals surface area (Å²) in [6, 6.07) is 9.13. The maximum Gasteiger partial charge on any atom is 0.229 e. The molecule has 0 aliphatic carbocycles. The van der Waals surface area contributed by atoms with Crippen LogP contribution in [0.5, 0.6) is 5.75 Å². The number of rotatable bonds is 5. The van der Waals surface area contributed by atoms with Gasteiger partial charge in [0, 0.05) is 5.56 Å². The third kappa shape index (κ3) is 3.30. The minimum absolute atomic E-state index is 0.0419. The smallest absolute Gasteiger partial charge is 0.229 e. The molecule has 1 unspecified atom stereocenters.